The summed E-state index contributed by atoms with van der Waals surface area (Å²) in [4.78, 5) is 27.2. The van der Waals surface area contributed by atoms with E-state index in [4.69, 9.17) is 4.74 Å². The highest BCUT2D eigenvalue weighted by molar-refractivity contribution is 6.01. The number of amides is 2. The minimum atomic E-state index is -0.319. The Bertz CT molecular complexity index is 881. The largest absolute Gasteiger partial charge is 0.378 e. The van der Waals surface area contributed by atoms with Crippen LogP contribution in [0.1, 0.15) is 12.0 Å². The SMILES string of the molecule is O=C(NCc1ccc(F)cc1)C1CC1C(=O)Nc1ccccc1N1CCOCC1. The predicted octanol–water partition coefficient (Wildman–Crippen LogP) is 2.55. The van der Waals surface area contributed by atoms with Gasteiger partial charge in [0.15, 0.2) is 0 Å². The van der Waals surface area contributed by atoms with Gasteiger partial charge in [0.2, 0.25) is 11.8 Å². The maximum absolute atomic E-state index is 12.9. The number of nitrogens with one attached hydrogen (secondary N) is 2. The Morgan fingerprint density at radius 1 is 1.00 bits per heavy atom. The molecule has 1 saturated carbocycles. The number of rotatable bonds is 6. The molecule has 1 aliphatic heterocycles. The zero-order valence-corrected chi connectivity index (χ0v) is 16.1. The van der Waals surface area contributed by atoms with Crippen molar-refractivity contribution in [2.24, 2.45) is 11.8 Å². The number of hydrogen-bond acceptors (Lipinski definition) is 4. The highest BCUT2D eigenvalue weighted by Gasteiger charge is 2.48. The van der Waals surface area contributed by atoms with Crippen molar-refractivity contribution in [3.63, 3.8) is 0 Å². The average molecular weight is 397 g/mol. The molecule has 1 aliphatic carbocycles. The molecule has 2 fully saturated rings. The molecule has 7 heteroatoms. The lowest BCUT2D eigenvalue weighted by Crippen LogP contribution is -2.36. The van der Waals surface area contributed by atoms with Crippen molar-refractivity contribution in [2.45, 2.75) is 13.0 Å². The Labute approximate surface area is 169 Å². The summed E-state index contributed by atoms with van der Waals surface area (Å²) >= 11 is 0. The van der Waals surface area contributed by atoms with Gasteiger partial charge in [0.05, 0.1) is 36.4 Å². The Hall–Kier alpha value is -2.93. The first kappa shape index (κ1) is 19.4. The smallest absolute Gasteiger partial charge is 0.228 e. The van der Waals surface area contributed by atoms with Crippen molar-refractivity contribution in [2.75, 3.05) is 36.5 Å². The van der Waals surface area contributed by atoms with Crippen LogP contribution >= 0.6 is 0 Å². The first-order valence-electron chi connectivity index (χ1n) is 9.86. The number of para-hydroxylation sites is 2. The summed E-state index contributed by atoms with van der Waals surface area (Å²) in [5.74, 6) is -1.22. The standard InChI is InChI=1S/C22H24FN3O3/c23-16-7-5-15(6-8-16)14-24-21(27)17-13-18(17)22(28)25-19-3-1-2-4-20(19)26-9-11-29-12-10-26/h1-8,17-18H,9-14H2,(H,24,27)(H,25,28). The van der Waals surface area contributed by atoms with Crippen LogP contribution in [0.4, 0.5) is 15.8 Å². The molecular weight excluding hydrogens is 373 g/mol. The molecule has 4 rings (SSSR count). The van der Waals surface area contributed by atoms with E-state index >= 15 is 0 Å². The molecular formula is C22H24FN3O3. The summed E-state index contributed by atoms with van der Waals surface area (Å²) in [6.07, 6.45) is 0.542. The van der Waals surface area contributed by atoms with E-state index in [2.05, 4.69) is 15.5 Å². The van der Waals surface area contributed by atoms with Crippen molar-refractivity contribution in [1.29, 1.82) is 0 Å². The minimum Gasteiger partial charge on any atom is -0.378 e. The molecule has 2 unspecified atom stereocenters. The Morgan fingerprint density at radius 3 is 2.45 bits per heavy atom. The van der Waals surface area contributed by atoms with Crippen LogP contribution in [-0.4, -0.2) is 38.1 Å². The molecule has 0 radical (unpaired) electrons. The fourth-order valence-electron chi connectivity index (χ4n) is 3.58. The predicted molar refractivity (Wildman–Crippen MR) is 108 cm³/mol. The van der Waals surface area contributed by atoms with Gasteiger partial charge < -0.3 is 20.3 Å². The topological polar surface area (TPSA) is 70.7 Å². The molecule has 2 amide bonds. The van der Waals surface area contributed by atoms with E-state index < -0.39 is 0 Å². The zero-order chi connectivity index (χ0) is 20.2. The lowest BCUT2D eigenvalue weighted by Gasteiger charge is -2.30. The van der Waals surface area contributed by atoms with Crippen LogP contribution in [0.5, 0.6) is 0 Å². The third-order valence-corrected chi connectivity index (χ3v) is 5.36. The summed E-state index contributed by atoms with van der Waals surface area (Å²) in [5.41, 5.74) is 2.56. The van der Waals surface area contributed by atoms with Gasteiger partial charge in [-0.2, -0.15) is 0 Å². The second-order valence-corrected chi connectivity index (χ2v) is 7.40. The second kappa shape index (κ2) is 8.61. The molecule has 0 spiro atoms. The molecule has 2 N–H and O–H groups in total. The molecule has 2 aromatic rings. The van der Waals surface area contributed by atoms with E-state index in [1.165, 1.54) is 12.1 Å². The maximum Gasteiger partial charge on any atom is 0.228 e. The minimum absolute atomic E-state index is 0.132. The number of carbonyl (C=O) groups is 2. The lowest BCUT2D eigenvalue weighted by atomic mass is 10.2. The lowest BCUT2D eigenvalue weighted by molar-refractivity contribution is -0.125. The van der Waals surface area contributed by atoms with Gasteiger partial charge >= 0.3 is 0 Å². The third kappa shape index (κ3) is 4.74. The van der Waals surface area contributed by atoms with Crippen molar-refractivity contribution in [1.82, 2.24) is 5.32 Å². The van der Waals surface area contributed by atoms with Gasteiger partial charge in [-0.1, -0.05) is 24.3 Å². The highest BCUT2D eigenvalue weighted by atomic mass is 19.1. The molecule has 1 saturated heterocycles. The molecule has 29 heavy (non-hydrogen) atoms. The van der Waals surface area contributed by atoms with E-state index in [0.29, 0.717) is 26.2 Å². The Kier molecular flexibility index (Phi) is 5.76. The van der Waals surface area contributed by atoms with Gasteiger partial charge in [-0.15, -0.1) is 0 Å². The number of nitrogens with zero attached hydrogens (tertiary/aromatic N) is 1. The van der Waals surface area contributed by atoms with Crippen LogP contribution in [0.25, 0.3) is 0 Å². The van der Waals surface area contributed by atoms with Crippen LogP contribution in [0.2, 0.25) is 0 Å². The molecule has 2 aliphatic rings. The molecule has 0 bridgehead atoms. The third-order valence-electron chi connectivity index (χ3n) is 5.36. The van der Waals surface area contributed by atoms with Gasteiger partial charge in [0.25, 0.3) is 0 Å². The summed E-state index contributed by atoms with van der Waals surface area (Å²) in [5, 5.41) is 5.82. The van der Waals surface area contributed by atoms with E-state index in [1.54, 1.807) is 12.1 Å². The summed E-state index contributed by atoms with van der Waals surface area (Å²) < 4.78 is 18.3. The first-order chi connectivity index (χ1) is 14.1. The quantitative estimate of drug-likeness (QED) is 0.786. The molecule has 0 aromatic heterocycles. The van der Waals surface area contributed by atoms with E-state index in [1.807, 2.05) is 24.3 Å². The van der Waals surface area contributed by atoms with Gasteiger partial charge in [-0.05, 0) is 36.2 Å². The van der Waals surface area contributed by atoms with Crippen LogP contribution in [0.15, 0.2) is 48.5 Å². The van der Waals surface area contributed by atoms with Crippen molar-refractivity contribution >= 4 is 23.2 Å². The number of anilines is 2. The number of benzene rings is 2. The molecule has 2 atom stereocenters. The Balaban J connectivity index is 1.31. The van der Waals surface area contributed by atoms with E-state index in [9.17, 15) is 14.0 Å². The fraction of sp³-hybridized carbons (Fsp3) is 0.364. The van der Waals surface area contributed by atoms with Crippen LogP contribution in [-0.2, 0) is 20.9 Å². The van der Waals surface area contributed by atoms with E-state index in [-0.39, 0.29) is 29.5 Å². The summed E-state index contributed by atoms with van der Waals surface area (Å²) in [6.45, 7) is 3.22. The zero-order valence-electron chi connectivity index (χ0n) is 16.1. The number of morpholine rings is 1. The van der Waals surface area contributed by atoms with Gasteiger partial charge in [0, 0.05) is 19.6 Å². The highest BCUT2D eigenvalue weighted by Crippen LogP contribution is 2.40. The monoisotopic (exact) mass is 397 g/mol. The van der Waals surface area contributed by atoms with Crippen LogP contribution in [0, 0.1) is 17.7 Å². The molecule has 152 valence electrons. The second-order valence-electron chi connectivity index (χ2n) is 7.40. The number of hydrogen-bond donors (Lipinski definition) is 2. The Morgan fingerprint density at radius 2 is 1.69 bits per heavy atom. The van der Waals surface area contributed by atoms with Crippen LogP contribution in [0.3, 0.4) is 0 Å². The normalized spacial score (nSPS) is 20.8. The van der Waals surface area contributed by atoms with Crippen molar-refractivity contribution in [3.8, 4) is 0 Å². The maximum atomic E-state index is 12.9. The van der Waals surface area contributed by atoms with Crippen molar-refractivity contribution in [3.05, 3.63) is 59.9 Å². The molecule has 6 nitrogen and oxygen atoms in total. The van der Waals surface area contributed by atoms with E-state index in [0.717, 1.165) is 30.0 Å². The molecule has 1 heterocycles. The van der Waals surface area contributed by atoms with Crippen LogP contribution < -0.4 is 15.5 Å². The van der Waals surface area contributed by atoms with Gasteiger partial charge in [0.1, 0.15) is 5.82 Å². The first-order valence-corrected chi connectivity index (χ1v) is 9.86. The van der Waals surface area contributed by atoms with Gasteiger partial charge in [-0.25, -0.2) is 4.39 Å². The molecule has 2 aromatic carbocycles. The summed E-state index contributed by atoms with van der Waals surface area (Å²) in [6, 6.07) is 13.7. The fourth-order valence-corrected chi connectivity index (χ4v) is 3.58. The summed E-state index contributed by atoms with van der Waals surface area (Å²) in [7, 11) is 0. The average Bonchev–Trinajstić information content (AvgIpc) is 3.55. The number of ether oxygens (including phenoxy) is 1. The number of halogens is 1. The van der Waals surface area contributed by atoms with Gasteiger partial charge in [-0.3, -0.25) is 9.59 Å². The number of carbonyl (C=O) groups excluding carboxylic acids is 2. The van der Waals surface area contributed by atoms with Crippen molar-refractivity contribution < 1.29 is 18.7 Å².